The smallest absolute Gasteiger partial charge is 0.338 e. The van der Waals surface area contributed by atoms with Crippen molar-refractivity contribution >= 4 is 51.8 Å². The minimum Gasteiger partial charge on any atom is -0.462 e. The van der Waals surface area contributed by atoms with Gasteiger partial charge in [-0.25, -0.2) is 9.78 Å². The molecular formula is C21H15Cl2N3O2S. The first-order chi connectivity index (χ1) is 14.0. The molecule has 1 N–H and O–H groups in total. The lowest BCUT2D eigenvalue weighted by molar-refractivity contribution is 0.0526. The highest BCUT2D eigenvalue weighted by atomic mass is 35.5. The predicted octanol–water partition coefficient (Wildman–Crippen LogP) is 6.27. The molecule has 0 aliphatic rings. The Kier molecular flexibility index (Phi) is 6.89. The molecule has 5 nitrogen and oxygen atoms in total. The van der Waals surface area contributed by atoms with Crippen molar-refractivity contribution in [1.29, 1.82) is 5.26 Å². The zero-order valence-electron chi connectivity index (χ0n) is 15.3. The summed E-state index contributed by atoms with van der Waals surface area (Å²) in [6, 6.07) is 14.2. The number of halogens is 2. The Morgan fingerprint density at radius 1 is 1.24 bits per heavy atom. The number of nitriles is 1. The fourth-order valence-corrected chi connectivity index (χ4v) is 3.49. The molecule has 0 unspecified atom stereocenters. The summed E-state index contributed by atoms with van der Waals surface area (Å²) in [6.45, 7) is 2.08. The van der Waals surface area contributed by atoms with Crippen molar-refractivity contribution in [3.05, 3.63) is 74.7 Å². The molecule has 2 aromatic carbocycles. The summed E-state index contributed by atoms with van der Waals surface area (Å²) >= 11 is 13.4. The molecule has 0 bridgehead atoms. The van der Waals surface area contributed by atoms with Crippen LogP contribution in [-0.4, -0.2) is 17.6 Å². The molecule has 0 amide bonds. The van der Waals surface area contributed by atoms with E-state index in [9.17, 15) is 10.1 Å². The summed E-state index contributed by atoms with van der Waals surface area (Å²) in [4.78, 5) is 16.2. The third-order valence-electron chi connectivity index (χ3n) is 3.85. The standard InChI is InChI=1S/C21H15Cl2N3O2S/c1-2-28-21(27)13-3-6-16(7-4-13)25-11-15(10-24)20-26-19(12-29-20)14-5-8-17(22)18(23)9-14/h3-9,11-12,25H,2H2,1H3/b15-11+. The molecule has 0 saturated heterocycles. The lowest BCUT2D eigenvalue weighted by atomic mass is 10.2. The number of anilines is 1. The van der Waals surface area contributed by atoms with Gasteiger partial charge in [-0.3, -0.25) is 0 Å². The number of allylic oxidation sites excluding steroid dienone is 1. The van der Waals surface area contributed by atoms with E-state index in [-0.39, 0.29) is 5.97 Å². The van der Waals surface area contributed by atoms with Gasteiger partial charge in [-0.05, 0) is 43.3 Å². The van der Waals surface area contributed by atoms with Gasteiger partial charge in [0.05, 0.1) is 27.9 Å². The van der Waals surface area contributed by atoms with Gasteiger partial charge in [0.2, 0.25) is 0 Å². The number of carbonyl (C=O) groups excluding carboxylic acids is 1. The van der Waals surface area contributed by atoms with Gasteiger partial charge in [0.15, 0.2) is 0 Å². The number of thiazole rings is 1. The fourth-order valence-electron chi connectivity index (χ4n) is 2.40. The third-order valence-corrected chi connectivity index (χ3v) is 5.46. The Hall–Kier alpha value is -2.85. The van der Waals surface area contributed by atoms with Crippen LogP contribution in [0.25, 0.3) is 16.8 Å². The van der Waals surface area contributed by atoms with Gasteiger partial charge in [-0.15, -0.1) is 11.3 Å². The first-order valence-corrected chi connectivity index (χ1v) is 10.2. The number of aromatic nitrogens is 1. The second-order valence-electron chi connectivity index (χ2n) is 5.78. The zero-order valence-corrected chi connectivity index (χ0v) is 17.6. The molecule has 146 valence electrons. The van der Waals surface area contributed by atoms with Crippen molar-refractivity contribution in [2.45, 2.75) is 6.92 Å². The summed E-state index contributed by atoms with van der Waals surface area (Å²) in [5, 5.41) is 15.9. The molecular weight excluding hydrogens is 429 g/mol. The van der Waals surface area contributed by atoms with Crippen molar-refractivity contribution in [3.8, 4) is 17.3 Å². The zero-order chi connectivity index (χ0) is 20.8. The van der Waals surface area contributed by atoms with Gasteiger partial charge in [0.25, 0.3) is 0 Å². The molecule has 0 aliphatic carbocycles. The van der Waals surface area contributed by atoms with Crippen molar-refractivity contribution in [2.75, 3.05) is 11.9 Å². The maximum Gasteiger partial charge on any atom is 0.338 e. The largest absolute Gasteiger partial charge is 0.462 e. The highest BCUT2D eigenvalue weighted by molar-refractivity contribution is 7.11. The van der Waals surface area contributed by atoms with Crippen LogP contribution in [0.4, 0.5) is 5.69 Å². The maximum absolute atomic E-state index is 11.7. The Balaban J connectivity index is 1.75. The monoisotopic (exact) mass is 443 g/mol. The van der Waals surface area contributed by atoms with Gasteiger partial charge in [0.1, 0.15) is 16.6 Å². The van der Waals surface area contributed by atoms with Crippen LogP contribution < -0.4 is 5.32 Å². The van der Waals surface area contributed by atoms with Crippen LogP contribution in [0.3, 0.4) is 0 Å². The van der Waals surface area contributed by atoms with Crippen LogP contribution in [0.1, 0.15) is 22.3 Å². The molecule has 0 atom stereocenters. The van der Waals surface area contributed by atoms with E-state index in [1.165, 1.54) is 11.3 Å². The highest BCUT2D eigenvalue weighted by Gasteiger charge is 2.11. The predicted molar refractivity (Wildman–Crippen MR) is 117 cm³/mol. The number of nitrogens with one attached hydrogen (secondary N) is 1. The van der Waals surface area contributed by atoms with Gasteiger partial charge in [-0.2, -0.15) is 5.26 Å². The molecule has 0 spiro atoms. The molecule has 1 aromatic heterocycles. The van der Waals surface area contributed by atoms with E-state index in [0.717, 1.165) is 11.3 Å². The normalized spacial score (nSPS) is 11.0. The Morgan fingerprint density at radius 2 is 2.00 bits per heavy atom. The van der Waals surface area contributed by atoms with Gasteiger partial charge >= 0.3 is 5.97 Å². The van der Waals surface area contributed by atoms with Crippen molar-refractivity contribution in [3.63, 3.8) is 0 Å². The van der Waals surface area contributed by atoms with Crippen molar-refractivity contribution in [1.82, 2.24) is 4.98 Å². The van der Waals surface area contributed by atoms with E-state index in [0.29, 0.717) is 38.5 Å². The molecule has 0 aliphatic heterocycles. The Morgan fingerprint density at radius 3 is 2.66 bits per heavy atom. The number of benzene rings is 2. The fraction of sp³-hybridized carbons (Fsp3) is 0.0952. The van der Waals surface area contributed by atoms with Crippen LogP contribution in [-0.2, 0) is 4.74 Å². The molecule has 0 radical (unpaired) electrons. The molecule has 0 fully saturated rings. The van der Waals surface area contributed by atoms with Crippen molar-refractivity contribution < 1.29 is 9.53 Å². The van der Waals surface area contributed by atoms with Gasteiger partial charge in [-0.1, -0.05) is 29.3 Å². The third kappa shape index (κ3) is 5.15. The number of rotatable bonds is 6. The summed E-state index contributed by atoms with van der Waals surface area (Å²) in [6.07, 6.45) is 1.58. The van der Waals surface area contributed by atoms with E-state index in [1.807, 2.05) is 11.4 Å². The number of hydrogen-bond acceptors (Lipinski definition) is 6. The molecule has 29 heavy (non-hydrogen) atoms. The molecule has 8 heteroatoms. The minimum absolute atomic E-state index is 0.325. The average molecular weight is 444 g/mol. The number of hydrogen-bond donors (Lipinski definition) is 1. The first kappa shape index (κ1) is 20.9. The summed E-state index contributed by atoms with van der Waals surface area (Å²) in [5.41, 5.74) is 3.11. The van der Waals surface area contributed by atoms with E-state index in [2.05, 4.69) is 16.4 Å². The number of nitrogens with zero attached hydrogens (tertiary/aromatic N) is 2. The number of esters is 1. The lowest BCUT2D eigenvalue weighted by Crippen LogP contribution is -2.04. The van der Waals surface area contributed by atoms with Gasteiger partial charge in [0, 0.05) is 22.8 Å². The Bertz CT molecular complexity index is 1100. The quantitative estimate of drug-likeness (QED) is 0.358. The van der Waals surface area contributed by atoms with E-state index >= 15 is 0 Å². The SMILES string of the molecule is CCOC(=O)c1ccc(N/C=C(\C#N)c2nc(-c3ccc(Cl)c(Cl)c3)cs2)cc1. The van der Waals surface area contributed by atoms with Crippen LogP contribution in [0.5, 0.6) is 0 Å². The molecule has 1 heterocycles. The number of carbonyl (C=O) groups is 1. The van der Waals surface area contributed by atoms with Crippen LogP contribution >= 0.6 is 34.5 Å². The molecule has 3 aromatic rings. The molecule has 0 saturated carbocycles. The summed E-state index contributed by atoms with van der Waals surface area (Å²) in [5.74, 6) is -0.370. The Labute approximate surface area is 182 Å². The van der Waals surface area contributed by atoms with E-state index in [1.54, 1.807) is 49.5 Å². The topological polar surface area (TPSA) is 75.0 Å². The summed E-state index contributed by atoms with van der Waals surface area (Å²) < 4.78 is 4.96. The average Bonchev–Trinajstić information content (AvgIpc) is 3.21. The highest BCUT2D eigenvalue weighted by Crippen LogP contribution is 2.30. The lowest BCUT2D eigenvalue weighted by Gasteiger charge is -2.04. The number of ether oxygens (including phenoxy) is 1. The second kappa shape index (κ2) is 9.57. The van der Waals surface area contributed by atoms with Crippen LogP contribution in [0.15, 0.2) is 54.0 Å². The maximum atomic E-state index is 11.7. The van der Waals surface area contributed by atoms with Crippen molar-refractivity contribution in [2.24, 2.45) is 0 Å². The summed E-state index contributed by atoms with van der Waals surface area (Å²) in [7, 11) is 0. The van der Waals surface area contributed by atoms with Crippen LogP contribution in [0, 0.1) is 11.3 Å². The molecule has 3 rings (SSSR count). The minimum atomic E-state index is -0.370. The van der Waals surface area contributed by atoms with Crippen LogP contribution in [0.2, 0.25) is 10.0 Å². The van der Waals surface area contributed by atoms with E-state index < -0.39 is 0 Å². The second-order valence-corrected chi connectivity index (χ2v) is 7.45. The van der Waals surface area contributed by atoms with E-state index in [4.69, 9.17) is 27.9 Å². The van der Waals surface area contributed by atoms with Gasteiger partial charge < -0.3 is 10.1 Å². The first-order valence-electron chi connectivity index (χ1n) is 8.57.